The first kappa shape index (κ1) is 17.9. The highest BCUT2D eigenvalue weighted by atomic mass is 32.2. The molecule has 1 rings (SSSR count). The molecule has 1 aromatic rings. The molecular weight excluding hydrogens is 294 g/mol. The summed E-state index contributed by atoms with van der Waals surface area (Å²) in [6.07, 6.45) is 0. The molecule has 7 heteroatoms. The van der Waals surface area contributed by atoms with Gasteiger partial charge in [0.05, 0.1) is 61.6 Å². The van der Waals surface area contributed by atoms with Gasteiger partial charge in [-0.05, 0) is 12.1 Å². The highest BCUT2D eigenvalue weighted by Gasteiger charge is 2.10. The van der Waals surface area contributed by atoms with Crippen molar-refractivity contribution in [2.24, 2.45) is 0 Å². The lowest BCUT2D eigenvalue weighted by atomic mass is 10.3. The van der Waals surface area contributed by atoms with Gasteiger partial charge in [-0.3, -0.25) is 4.21 Å². The summed E-state index contributed by atoms with van der Waals surface area (Å²) in [5.74, 6) is 0.939. The molecule has 0 aliphatic rings. The Hall–Kier alpha value is -1.15. The Bertz CT molecular complexity index is 441. The molecule has 0 saturated heterocycles. The molecule has 0 amide bonds. The first-order valence-electron chi connectivity index (χ1n) is 6.65. The minimum Gasteiger partial charge on any atom is -0.495 e. The first-order valence-corrected chi connectivity index (χ1v) is 7.97. The Morgan fingerprint density at radius 3 is 2.38 bits per heavy atom. The van der Waals surface area contributed by atoms with E-state index in [2.05, 4.69) is 0 Å². The zero-order valence-electron chi connectivity index (χ0n) is 12.5. The SMILES string of the molecule is COCCOCCOCCS(=O)c1ccc(N)cc1OC. The van der Waals surface area contributed by atoms with E-state index in [0.717, 1.165) is 0 Å². The van der Waals surface area contributed by atoms with Crippen molar-refractivity contribution in [2.75, 3.05) is 58.7 Å². The highest BCUT2D eigenvalue weighted by molar-refractivity contribution is 7.85. The fourth-order valence-electron chi connectivity index (χ4n) is 1.58. The summed E-state index contributed by atoms with van der Waals surface area (Å²) in [4.78, 5) is 0.631. The van der Waals surface area contributed by atoms with Gasteiger partial charge in [0.25, 0.3) is 0 Å². The Labute approximate surface area is 128 Å². The second-order valence-electron chi connectivity index (χ2n) is 4.18. The van der Waals surface area contributed by atoms with E-state index in [1.54, 1.807) is 25.3 Å². The van der Waals surface area contributed by atoms with Gasteiger partial charge in [-0.2, -0.15) is 0 Å². The lowest BCUT2D eigenvalue weighted by Gasteiger charge is -2.09. The van der Waals surface area contributed by atoms with Crippen LogP contribution in [0.3, 0.4) is 0 Å². The summed E-state index contributed by atoms with van der Waals surface area (Å²) in [6.45, 7) is 2.49. The van der Waals surface area contributed by atoms with E-state index in [-0.39, 0.29) is 0 Å². The number of hydrogen-bond donors (Lipinski definition) is 1. The number of nitrogens with two attached hydrogens (primary N) is 1. The number of ether oxygens (including phenoxy) is 4. The minimum absolute atomic E-state index is 0.397. The third-order valence-electron chi connectivity index (χ3n) is 2.65. The smallest absolute Gasteiger partial charge is 0.137 e. The summed E-state index contributed by atoms with van der Waals surface area (Å²) >= 11 is 0. The molecule has 1 aromatic carbocycles. The Kier molecular flexibility index (Phi) is 9.00. The van der Waals surface area contributed by atoms with Crippen LogP contribution in [0.5, 0.6) is 5.75 Å². The van der Waals surface area contributed by atoms with Crippen LogP contribution < -0.4 is 10.5 Å². The second-order valence-corrected chi connectivity index (χ2v) is 5.72. The van der Waals surface area contributed by atoms with Crippen LogP contribution in [-0.2, 0) is 25.0 Å². The molecule has 1 atom stereocenters. The van der Waals surface area contributed by atoms with Crippen molar-refractivity contribution in [3.05, 3.63) is 18.2 Å². The molecule has 21 heavy (non-hydrogen) atoms. The van der Waals surface area contributed by atoms with Crippen molar-refractivity contribution in [1.82, 2.24) is 0 Å². The fraction of sp³-hybridized carbons (Fsp3) is 0.571. The predicted molar refractivity (Wildman–Crippen MR) is 82.2 cm³/mol. The third kappa shape index (κ3) is 6.90. The van der Waals surface area contributed by atoms with Gasteiger partial charge in [-0.1, -0.05) is 0 Å². The molecular formula is C14H23NO5S. The molecule has 0 spiro atoms. The number of methoxy groups -OCH3 is 2. The molecule has 6 nitrogen and oxygen atoms in total. The van der Waals surface area contributed by atoms with E-state index in [9.17, 15) is 4.21 Å². The van der Waals surface area contributed by atoms with Gasteiger partial charge in [-0.25, -0.2) is 0 Å². The average Bonchev–Trinajstić information content (AvgIpc) is 2.49. The highest BCUT2D eigenvalue weighted by Crippen LogP contribution is 2.24. The van der Waals surface area contributed by atoms with Gasteiger partial charge in [0, 0.05) is 18.9 Å². The lowest BCUT2D eigenvalue weighted by Crippen LogP contribution is -2.12. The van der Waals surface area contributed by atoms with Crippen LogP contribution in [0, 0.1) is 0 Å². The topological polar surface area (TPSA) is 80.0 Å². The zero-order chi connectivity index (χ0) is 15.5. The van der Waals surface area contributed by atoms with Crippen LogP contribution in [-0.4, -0.2) is 57.2 Å². The maximum Gasteiger partial charge on any atom is 0.137 e. The normalized spacial score (nSPS) is 12.3. The number of hydrogen-bond acceptors (Lipinski definition) is 6. The summed E-state index contributed by atoms with van der Waals surface area (Å²) in [7, 11) is 1.98. The summed E-state index contributed by atoms with van der Waals surface area (Å²) in [6, 6.07) is 5.09. The van der Waals surface area contributed by atoms with Crippen molar-refractivity contribution in [2.45, 2.75) is 4.90 Å². The summed E-state index contributed by atoms with van der Waals surface area (Å²) < 4.78 is 32.8. The summed E-state index contributed by atoms with van der Waals surface area (Å²) in [5.41, 5.74) is 6.25. The predicted octanol–water partition coefficient (Wildman–Crippen LogP) is 1.06. The van der Waals surface area contributed by atoms with Crippen molar-refractivity contribution in [3.63, 3.8) is 0 Å². The first-order chi connectivity index (χ1) is 10.2. The monoisotopic (exact) mass is 317 g/mol. The van der Waals surface area contributed by atoms with Gasteiger partial charge >= 0.3 is 0 Å². The van der Waals surface area contributed by atoms with E-state index in [1.165, 1.54) is 7.11 Å². The van der Waals surface area contributed by atoms with Crippen molar-refractivity contribution in [1.29, 1.82) is 0 Å². The molecule has 0 fully saturated rings. The molecule has 2 N–H and O–H groups in total. The molecule has 0 aliphatic heterocycles. The van der Waals surface area contributed by atoms with Crippen LogP contribution in [0.25, 0.3) is 0 Å². The van der Waals surface area contributed by atoms with E-state index in [4.69, 9.17) is 24.7 Å². The van der Waals surface area contributed by atoms with Crippen molar-refractivity contribution >= 4 is 16.5 Å². The van der Waals surface area contributed by atoms with Crippen molar-refractivity contribution in [3.8, 4) is 5.75 Å². The van der Waals surface area contributed by atoms with Crippen LogP contribution in [0.2, 0.25) is 0 Å². The molecule has 0 bridgehead atoms. The molecule has 0 saturated carbocycles. The van der Waals surface area contributed by atoms with E-state index in [0.29, 0.717) is 55.1 Å². The minimum atomic E-state index is -1.18. The molecule has 0 aliphatic carbocycles. The number of rotatable bonds is 11. The molecule has 0 radical (unpaired) electrons. The molecule has 0 aromatic heterocycles. The zero-order valence-corrected chi connectivity index (χ0v) is 13.3. The van der Waals surface area contributed by atoms with Gasteiger partial charge in [0.2, 0.25) is 0 Å². The van der Waals surface area contributed by atoms with Gasteiger partial charge in [-0.15, -0.1) is 0 Å². The fourth-order valence-corrected chi connectivity index (χ4v) is 2.66. The van der Waals surface area contributed by atoms with E-state index >= 15 is 0 Å². The van der Waals surface area contributed by atoms with E-state index < -0.39 is 10.8 Å². The van der Waals surface area contributed by atoms with Gasteiger partial charge in [0.15, 0.2) is 0 Å². The Morgan fingerprint density at radius 2 is 1.71 bits per heavy atom. The standard InChI is InChI=1S/C14H23NO5S/c1-17-5-6-19-7-8-20-9-10-21(16)14-4-3-12(15)11-13(14)18-2/h3-4,11H,5-10,15H2,1-2H3. The molecule has 0 heterocycles. The number of benzene rings is 1. The van der Waals surface area contributed by atoms with Crippen LogP contribution in [0.4, 0.5) is 5.69 Å². The Morgan fingerprint density at radius 1 is 1.05 bits per heavy atom. The van der Waals surface area contributed by atoms with Gasteiger partial charge in [0.1, 0.15) is 5.75 Å². The second kappa shape index (κ2) is 10.6. The lowest BCUT2D eigenvalue weighted by molar-refractivity contribution is 0.0285. The quantitative estimate of drug-likeness (QED) is 0.486. The van der Waals surface area contributed by atoms with Crippen LogP contribution in [0.1, 0.15) is 0 Å². The van der Waals surface area contributed by atoms with Crippen molar-refractivity contribution < 1.29 is 23.2 Å². The van der Waals surface area contributed by atoms with E-state index in [1.807, 2.05) is 0 Å². The molecule has 120 valence electrons. The average molecular weight is 317 g/mol. The van der Waals surface area contributed by atoms with Crippen LogP contribution >= 0.6 is 0 Å². The van der Waals surface area contributed by atoms with Gasteiger partial charge < -0.3 is 24.7 Å². The summed E-state index contributed by atoms with van der Waals surface area (Å²) in [5, 5.41) is 0. The number of anilines is 1. The number of nitrogen functional groups attached to an aromatic ring is 1. The maximum absolute atomic E-state index is 12.2. The van der Waals surface area contributed by atoms with Crippen LogP contribution in [0.15, 0.2) is 23.1 Å². The molecule has 1 unspecified atom stereocenters. The Balaban J connectivity index is 2.25. The third-order valence-corrected chi connectivity index (χ3v) is 4.02. The maximum atomic E-state index is 12.2. The largest absolute Gasteiger partial charge is 0.495 e.